The summed E-state index contributed by atoms with van der Waals surface area (Å²) in [6.07, 6.45) is 38.3. The number of halogens is 1. The van der Waals surface area contributed by atoms with Crippen molar-refractivity contribution in [1.82, 2.24) is 112 Å². The maximum absolute atomic E-state index is 13.4. The Morgan fingerprint density at radius 3 is 1.02 bits per heavy atom. The van der Waals surface area contributed by atoms with E-state index >= 15 is 0 Å². The molecular formula is C106H101FN28O. The van der Waals surface area contributed by atoms with Gasteiger partial charge in [-0.05, 0) is 232 Å². The number of aromatic nitrogens is 22. The molecule has 0 bridgehead atoms. The zero-order valence-corrected chi connectivity index (χ0v) is 76.4. The average Bonchev–Trinajstić information content (AvgIpc) is 1.64. The molecule has 4 fully saturated rings. The molecule has 136 heavy (non-hydrogen) atoms. The fourth-order valence-corrected chi connectivity index (χ4v) is 16.5. The predicted molar refractivity (Wildman–Crippen MR) is 534 cm³/mol. The lowest BCUT2D eigenvalue weighted by Crippen LogP contribution is -2.39. The van der Waals surface area contributed by atoms with E-state index in [9.17, 15) is 4.39 Å². The van der Waals surface area contributed by atoms with Gasteiger partial charge in [-0.15, -0.1) is 0 Å². The quantitative estimate of drug-likeness (QED) is 0.0519. The van der Waals surface area contributed by atoms with Crippen molar-refractivity contribution in [2.75, 3.05) is 78.6 Å². The maximum Gasteiger partial charge on any atom is 0.225 e. The predicted octanol–water partition coefficient (Wildman–Crippen LogP) is 19.9. The molecule has 4 N–H and O–H groups in total. The third-order valence-corrected chi connectivity index (χ3v) is 23.9. The number of hydrogen-bond donors (Lipinski definition) is 4. The molecule has 0 atom stereocenters. The Morgan fingerprint density at radius 1 is 0.338 bits per heavy atom. The number of hydrogen-bond acceptors (Lipinski definition) is 24. The van der Waals surface area contributed by atoms with Crippen molar-refractivity contribution in [2.24, 2.45) is 0 Å². The molecule has 2 saturated carbocycles. The zero-order chi connectivity index (χ0) is 92.4. The number of nitrogens with one attached hydrogen (secondary N) is 4. The lowest BCUT2D eigenvalue weighted by atomic mass is 10.2. The van der Waals surface area contributed by atoms with E-state index in [-0.39, 0.29) is 5.82 Å². The van der Waals surface area contributed by atoms with Crippen LogP contribution in [-0.2, 0) is 4.74 Å². The lowest BCUT2D eigenvalue weighted by Gasteiger charge is -2.26. The average molecular weight is 1800 g/mol. The van der Waals surface area contributed by atoms with Crippen molar-refractivity contribution >= 4 is 84.4 Å². The fraction of sp³-hybridized carbons (Fsp3) is 0.217. The van der Waals surface area contributed by atoms with Crippen LogP contribution in [-0.4, -0.2) is 183 Å². The Balaban J connectivity index is 0.000000105. The van der Waals surface area contributed by atoms with E-state index in [4.69, 9.17) is 29.7 Å². The summed E-state index contributed by atoms with van der Waals surface area (Å²) >= 11 is 0. The number of morpholine rings is 1. The number of fused-ring (bicyclic) bond motifs is 5. The summed E-state index contributed by atoms with van der Waals surface area (Å²) in [5, 5.41) is 13.5. The third kappa shape index (κ3) is 20.2. The van der Waals surface area contributed by atoms with Crippen LogP contribution < -0.4 is 26.2 Å². The summed E-state index contributed by atoms with van der Waals surface area (Å²) in [4.78, 5) is 82.0. The molecule has 29 nitrogen and oxygen atoms in total. The minimum atomic E-state index is -0.269. The zero-order valence-electron chi connectivity index (χ0n) is 76.4. The van der Waals surface area contributed by atoms with E-state index in [0.29, 0.717) is 18.1 Å². The van der Waals surface area contributed by atoms with Crippen LogP contribution in [0.1, 0.15) is 74.8 Å². The summed E-state index contributed by atoms with van der Waals surface area (Å²) in [6, 6.07) is 63.1. The van der Waals surface area contributed by atoms with Gasteiger partial charge in [0, 0.05) is 176 Å². The van der Waals surface area contributed by atoms with Crippen LogP contribution in [0.2, 0.25) is 0 Å². The maximum atomic E-state index is 13.4. The van der Waals surface area contributed by atoms with E-state index in [1.54, 1.807) is 49.3 Å². The van der Waals surface area contributed by atoms with Crippen LogP contribution in [0.25, 0.3) is 141 Å². The lowest BCUT2D eigenvalue weighted by molar-refractivity contribution is 0.0398. The van der Waals surface area contributed by atoms with Crippen molar-refractivity contribution in [1.29, 1.82) is 0 Å². The van der Waals surface area contributed by atoms with Crippen LogP contribution in [0, 0.1) is 33.5 Å². The number of ether oxygens (including phenoxy) is 1. The smallest absolute Gasteiger partial charge is 0.225 e. The molecule has 30 heteroatoms. The fourth-order valence-electron chi connectivity index (χ4n) is 16.5. The van der Waals surface area contributed by atoms with E-state index in [1.165, 1.54) is 67.3 Å². The Morgan fingerprint density at radius 2 is 0.676 bits per heavy atom. The van der Waals surface area contributed by atoms with Gasteiger partial charge in [0.25, 0.3) is 0 Å². The van der Waals surface area contributed by atoms with Gasteiger partial charge in [0.2, 0.25) is 5.95 Å². The SMILES string of the molecule is Cc1ccc(-n2c(-c3ccc(NC(C)C)nc3)nc3ccncc32)cc1.Cc1ccc(-n2c(-c3ccc(NC4CC4)nc3)nc3ccncc32)cc1.Cc1ccc(-n2c(-c3ccc(NCCN4CCOCC4)nc3)nc3ccncc32)cc1.Cc1ccc(-n2c(-c3cnc(N4CCCC4)nc3)nc3ccncc32)cn1.Fc1ccc(-n2c(-c3ccc(NC4CC4)nc3)nc3ccncc32)cc1. The van der Waals surface area contributed by atoms with Crippen LogP contribution >= 0.6 is 0 Å². The van der Waals surface area contributed by atoms with Crippen molar-refractivity contribution < 1.29 is 9.13 Å². The molecule has 4 aromatic carbocycles. The number of pyridine rings is 10. The highest BCUT2D eigenvalue weighted by Gasteiger charge is 2.26. The highest BCUT2D eigenvalue weighted by molar-refractivity contribution is 5.87. The molecule has 2 aliphatic heterocycles. The molecule has 0 spiro atoms. The molecular weight excluding hydrogens is 1700 g/mol. The highest BCUT2D eigenvalue weighted by atomic mass is 19.1. The summed E-state index contributed by atoms with van der Waals surface area (Å²) in [5.41, 5.74) is 23.5. The third-order valence-electron chi connectivity index (χ3n) is 23.9. The molecule has 16 aromatic heterocycles. The number of aryl methyl sites for hydroxylation is 4. The first-order valence-corrected chi connectivity index (χ1v) is 46.0. The molecule has 24 rings (SSSR count). The van der Waals surface area contributed by atoms with E-state index < -0.39 is 0 Å². The van der Waals surface area contributed by atoms with Gasteiger partial charge in [-0.3, -0.25) is 57.6 Å². The van der Waals surface area contributed by atoms with Crippen molar-refractivity contribution in [3.63, 3.8) is 0 Å². The summed E-state index contributed by atoms with van der Waals surface area (Å²) in [6.45, 7) is 20.0. The number of nitrogens with zero attached hydrogens (tertiary/aromatic N) is 24. The van der Waals surface area contributed by atoms with Crippen LogP contribution in [0.5, 0.6) is 0 Å². The summed E-state index contributed by atoms with van der Waals surface area (Å²) in [5.74, 6) is 8.20. The number of rotatable bonds is 21. The standard InChI is InChI=1S/C24H26N6O.C21H19N5.C21H21N5.C20H16FN5.C20H19N7/c1-18-2-5-20(6-3-18)30-22-17-25-9-8-21(22)28-24(30)19-4-7-23(27-16-19)26-10-11-29-12-14-31-15-13-29;1-14-2-7-17(8-3-14)26-19-13-22-11-10-18(19)25-21(26)15-4-9-20(23-12-15)24-16-5-6-16;1-14(2)24-20-9-6-16(12-23-20)21-25-18-10-11-22-13-19(18)26(21)17-7-4-15(3)5-8-17;21-14-2-6-16(7-3-14)26-18-12-22-10-9-17(18)25-20(26)13-1-8-19(23-11-13)24-15-4-5-15;1-14-4-5-16(12-22-14)27-18-13-21-7-6-17(18)25-19(27)15-10-23-20(24-11-15)26-8-2-3-9-26/h2-9,16-17H,10-15H2,1H3,(H,26,27);2-4,7-13,16H,5-6H2,1H3,(H,23,24);4-14H,1-3H3,(H,23,24);1-3,6-12,15H,4-5H2,(H,23,24);4-7,10-13H,2-3,8-9H2,1H3. The first-order chi connectivity index (χ1) is 66.7. The second kappa shape index (κ2) is 40.0. The molecule has 678 valence electrons. The minimum Gasteiger partial charge on any atom is -0.379 e. The highest BCUT2D eigenvalue weighted by Crippen LogP contribution is 2.37. The Kier molecular flexibility index (Phi) is 25.8. The van der Waals surface area contributed by atoms with Gasteiger partial charge in [-0.2, -0.15) is 0 Å². The summed E-state index contributed by atoms with van der Waals surface area (Å²) in [7, 11) is 0. The molecule has 0 unspecified atom stereocenters. The van der Waals surface area contributed by atoms with Gasteiger partial charge in [-0.25, -0.2) is 59.2 Å². The van der Waals surface area contributed by atoms with Crippen molar-refractivity contribution in [3.8, 4) is 85.4 Å². The molecule has 18 heterocycles. The second-order valence-electron chi connectivity index (χ2n) is 34.5. The molecule has 0 radical (unpaired) electrons. The van der Waals surface area contributed by atoms with Gasteiger partial charge in [0.15, 0.2) is 0 Å². The topological polar surface area (TPSA) is 308 Å². The van der Waals surface area contributed by atoms with Crippen molar-refractivity contribution in [3.05, 3.63) is 322 Å². The number of benzene rings is 4. The first-order valence-electron chi connectivity index (χ1n) is 46.0. The Hall–Kier alpha value is -16.3. The van der Waals surface area contributed by atoms with Gasteiger partial charge in [-0.1, -0.05) is 53.1 Å². The van der Waals surface area contributed by atoms with Crippen molar-refractivity contribution in [2.45, 2.75) is 98.2 Å². The normalized spacial score (nSPS) is 13.6. The van der Waals surface area contributed by atoms with E-state index in [2.05, 4.69) is 235 Å². The van der Waals surface area contributed by atoms with Gasteiger partial charge >= 0.3 is 0 Å². The van der Waals surface area contributed by atoms with Gasteiger partial charge < -0.3 is 30.9 Å². The van der Waals surface area contributed by atoms with E-state index in [0.717, 1.165) is 228 Å². The second-order valence-corrected chi connectivity index (χ2v) is 34.5. The number of imidazole rings is 5. The number of anilines is 5. The Bertz CT molecular complexity index is 7050. The van der Waals surface area contributed by atoms with Crippen LogP contribution in [0.3, 0.4) is 0 Å². The van der Waals surface area contributed by atoms with Gasteiger partial charge in [0.1, 0.15) is 58.2 Å². The summed E-state index contributed by atoms with van der Waals surface area (Å²) < 4.78 is 29.2. The van der Waals surface area contributed by atoms with Gasteiger partial charge in [0.05, 0.1) is 117 Å². The van der Waals surface area contributed by atoms with Crippen LogP contribution in [0.15, 0.2) is 293 Å². The molecule has 2 saturated heterocycles. The monoisotopic (exact) mass is 1800 g/mol. The van der Waals surface area contributed by atoms with E-state index in [1.807, 2.05) is 152 Å². The first kappa shape index (κ1) is 87.6. The largest absolute Gasteiger partial charge is 0.379 e. The minimum absolute atomic E-state index is 0.269. The van der Waals surface area contributed by atoms with Crippen LogP contribution in [0.4, 0.5) is 33.6 Å². The Labute approximate surface area is 785 Å². The molecule has 4 aliphatic rings. The molecule has 0 amide bonds. The molecule has 2 aliphatic carbocycles. The molecule has 20 aromatic rings.